The largest absolute Gasteiger partial charge is 0.344 e. The topological polar surface area (TPSA) is 18.5 Å². The van der Waals surface area contributed by atoms with Crippen molar-refractivity contribution in [3.63, 3.8) is 0 Å². The van der Waals surface area contributed by atoms with Crippen molar-refractivity contribution in [2.45, 2.75) is 51.6 Å². The summed E-state index contributed by atoms with van der Waals surface area (Å²) in [4.78, 5) is 0. The molecule has 0 radical (unpaired) electrons. The van der Waals surface area contributed by atoms with Gasteiger partial charge in [0.15, 0.2) is 5.79 Å². The SMILES string of the molecule is CCC1(CC)O[C@H](C)[C@H](c2ccccc2Cl)O1. The number of benzene rings is 1. The Morgan fingerprint density at radius 3 is 2.35 bits per heavy atom. The highest BCUT2D eigenvalue weighted by molar-refractivity contribution is 6.31. The number of rotatable bonds is 3. The van der Waals surface area contributed by atoms with Crippen LogP contribution in [-0.2, 0) is 9.47 Å². The molecule has 1 aliphatic heterocycles. The zero-order chi connectivity index (χ0) is 12.5. The molecule has 1 aliphatic rings. The van der Waals surface area contributed by atoms with Gasteiger partial charge in [0.2, 0.25) is 0 Å². The van der Waals surface area contributed by atoms with Gasteiger partial charge in [-0.2, -0.15) is 0 Å². The highest BCUT2D eigenvalue weighted by Crippen LogP contribution is 2.43. The number of ether oxygens (including phenoxy) is 2. The van der Waals surface area contributed by atoms with Gasteiger partial charge in [-0.3, -0.25) is 0 Å². The van der Waals surface area contributed by atoms with Crippen LogP contribution in [0.25, 0.3) is 0 Å². The first kappa shape index (κ1) is 12.9. The monoisotopic (exact) mass is 254 g/mol. The smallest absolute Gasteiger partial charge is 0.169 e. The Labute approximate surface area is 108 Å². The van der Waals surface area contributed by atoms with E-state index in [-0.39, 0.29) is 12.2 Å². The Balaban J connectivity index is 2.27. The maximum absolute atomic E-state index is 6.21. The maximum atomic E-state index is 6.21. The van der Waals surface area contributed by atoms with Crippen molar-refractivity contribution >= 4 is 11.6 Å². The van der Waals surface area contributed by atoms with Gasteiger partial charge in [0.1, 0.15) is 6.10 Å². The molecule has 0 spiro atoms. The minimum absolute atomic E-state index is 0.0369. The van der Waals surface area contributed by atoms with Crippen molar-refractivity contribution in [2.24, 2.45) is 0 Å². The highest BCUT2D eigenvalue weighted by atomic mass is 35.5. The first-order chi connectivity index (χ1) is 8.12. The van der Waals surface area contributed by atoms with Crippen LogP contribution in [-0.4, -0.2) is 11.9 Å². The van der Waals surface area contributed by atoms with Gasteiger partial charge < -0.3 is 9.47 Å². The number of halogens is 1. The molecule has 1 fully saturated rings. The van der Waals surface area contributed by atoms with Gasteiger partial charge in [0, 0.05) is 10.6 Å². The summed E-state index contributed by atoms with van der Waals surface area (Å²) < 4.78 is 12.1. The average molecular weight is 255 g/mol. The molecule has 2 nitrogen and oxygen atoms in total. The summed E-state index contributed by atoms with van der Waals surface area (Å²) in [7, 11) is 0. The van der Waals surface area contributed by atoms with E-state index in [0.717, 1.165) is 23.4 Å². The second-order valence-electron chi connectivity index (χ2n) is 4.50. The van der Waals surface area contributed by atoms with Crippen LogP contribution < -0.4 is 0 Å². The molecule has 0 aromatic heterocycles. The average Bonchev–Trinajstić information content (AvgIpc) is 2.68. The van der Waals surface area contributed by atoms with E-state index >= 15 is 0 Å². The quantitative estimate of drug-likeness (QED) is 0.799. The minimum Gasteiger partial charge on any atom is -0.344 e. The molecule has 0 bridgehead atoms. The molecule has 1 heterocycles. The summed E-state index contributed by atoms with van der Waals surface area (Å²) in [5, 5.41) is 0.746. The lowest BCUT2D eigenvalue weighted by molar-refractivity contribution is -0.178. The van der Waals surface area contributed by atoms with Gasteiger partial charge in [-0.1, -0.05) is 43.6 Å². The van der Waals surface area contributed by atoms with Crippen molar-refractivity contribution in [3.05, 3.63) is 34.9 Å². The van der Waals surface area contributed by atoms with Crippen molar-refractivity contribution < 1.29 is 9.47 Å². The van der Waals surface area contributed by atoms with Crippen molar-refractivity contribution in [3.8, 4) is 0 Å². The van der Waals surface area contributed by atoms with E-state index in [9.17, 15) is 0 Å². The van der Waals surface area contributed by atoms with Crippen LogP contribution in [0.2, 0.25) is 5.02 Å². The van der Waals surface area contributed by atoms with Gasteiger partial charge in [-0.25, -0.2) is 0 Å². The molecule has 0 aliphatic carbocycles. The van der Waals surface area contributed by atoms with E-state index in [2.05, 4.69) is 13.8 Å². The number of hydrogen-bond acceptors (Lipinski definition) is 2. The van der Waals surface area contributed by atoms with Crippen LogP contribution in [0.4, 0.5) is 0 Å². The zero-order valence-corrected chi connectivity index (χ0v) is 11.3. The molecule has 1 aromatic carbocycles. The van der Waals surface area contributed by atoms with Crippen molar-refractivity contribution in [2.75, 3.05) is 0 Å². The van der Waals surface area contributed by atoms with E-state index in [1.165, 1.54) is 0 Å². The van der Waals surface area contributed by atoms with E-state index in [1.54, 1.807) is 0 Å². The third-order valence-corrected chi connectivity index (χ3v) is 3.80. The Hall–Kier alpha value is -0.570. The lowest BCUT2D eigenvalue weighted by Gasteiger charge is -2.25. The van der Waals surface area contributed by atoms with Crippen molar-refractivity contribution in [1.82, 2.24) is 0 Å². The standard InChI is InChI=1S/C14H19ClO2/c1-4-14(5-2)16-10(3)13(17-14)11-8-6-7-9-12(11)15/h6-10,13H,4-5H2,1-3H3/t10-,13-/m1/s1. The maximum Gasteiger partial charge on any atom is 0.169 e. The molecule has 2 atom stereocenters. The Bertz CT molecular complexity index is 388. The molecular formula is C14H19ClO2. The zero-order valence-electron chi connectivity index (χ0n) is 10.6. The molecule has 0 N–H and O–H groups in total. The lowest BCUT2D eigenvalue weighted by Crippen LogP contribution is -2.28. The van der Waals surface area contributed by atoms with Gasteiger partial charge in [0.05, 0.1) is 6.10 Å². The summed E-state index contributed by atoms with van der Waals surface area (Å²) in [6.45, 7) is 6.22. The summed E-state index contributed by atoms with van der Waals surface area (Å²) in [6.07, 6.45) is 1.68. The summed E-state index contributed by atoms with van der Waals surface area (Å²) in [6, 6.07) is 7.81. The third kappa shape index (κ3) is 2.35. The highest BCUT2D eigenvalue weighted by Gasteiger charge is 2.44. The molecule has 1 saturated heterocycles. The Morgan fingerprint density at radius 2 is 1.82 bits per heavy atom. The Kier molecular flexibility index (Phi) is 3.76. The van der Waals surface area contributed by atoms with E-state index in [4.69, 9.17) is 21.1 Å². The van der Waals surface area contributed by atoms with Gasteiger partial charge >= 0.3 is 0 Å². The fourth-order valence-electron chi connectivity index (χ4n) is 2.36. The Morgan fingerprint density at radius 1 is 1.18 bits per heavy atom. The first-order valence-corrected chi connectivity index (χ1v) is 6.59. The van der Waals surface area contributed by atoms with Crippen LogP contribution in [0, 0.1) is 0 Å². The van der Waals surface area contributed by atoms with Crippen LogP contribution in [0.1, 0.15) is 45.3 Å². The molecule has 0 unspecified atom stereocenters. The van der Waals surface area contributed by atoms with Gasteiger partial charge in [0.25, 0.3) is 0 Å². The third-order valence-electron chi connectivity index (χ3n) is 3.46. The fourth-order valence-corrected chi connectivity index (χ4v) is 2.60. The molecular weight excluding hydrogens is 236 g/mol. The minimum atomic E-state index is -0.441. The van der Waals surface area contributed by atoms with E-state index in [1.807, 2.05) is 31.2 Å². The van der Waals surface area contributed by atoms with E-state index in [0.29, 0.717) is 0 Å². The number of hydrogen-bond donors (Lipinski definition) is 0. The van der Waals surface area contributed by atoms with Crippen LogP contribution in [0.3, 0.4) is 0 Å². The predicted octanol–water partition coefficient (Wildman–Crippen LogP) is 4.33. The lowest BCUT2D eigenvalue weighted by atomic mass is 10.1. The molecule has 17 heavy (non-hydrogen) atoms. The second-order valence-corrected chi connectivity index (χ2v) is 4.91. The molecule has 1 aromatic rings. The summed E-state index contributed by atoms with van der Waals surface area (Å²) >= 11 is 6.21. The molecule has 0 saturated carbocycles. The van der Waals surface area contributed by atoms with Gasteiger partial charge in [-0.15, -0.1) is 0 Å². The normalized spacial score (nSPS) is 27.3. The van der Waals surface area contributed by atoms with Crippen LogP contribution >= 0.6 is 11.6 Å². The van der Waals surface area contributed by atoms with E-state index < -0.39 is 5.79 Å². The van der Waals surface area contributed by atoms with Crippen LogP contribution in [0.15, 0.2) is 24.3 Å². The van der Waals surface area contributed by atoms with Gasteiger partial charge in [-0.05, 0) is 25.8 Å². The first-order valence-electron chi connectivity index (χ1n) is 6.22. The molecule has 3 heteroatoms. The summed E-state index contributed by atoms with van der Waals surface area (Å²) in [5.41, 5.74) is 1.02. The predicted molar refractivity (Wildman–Crippen MR) is 69.1 cm³/mol. The van der Waals surface area contributed by atoms with Crippen LogP contribution in [0.5, 0.6) is 0 Å². The fraction of sp³-hybridized carbons (Fsp3) is 0.571. The molecule has 94 valence electrons. The molecule has 0 amide bonds. The van der Waals surface area contributed by atoms with Crippen molar-refractivity contribution in [1.29, 1.82) is 0 Å². The molecule has 2 rings (SSSR count). The summed E-state index contributed by atoms with van der Waals surface area (Å²) in [5.74, 6) is -0.441. The second kappa shape index (κ2) is 4.97.